The molecule has 2 heterocycles. The Labute approximate surface area is 171 Å². The normalized spacial score (nSPS) is 12.1. The second-order valence-electron chi connectivity index (χ2n) is 5.46. The van der Waals surface area contributed by atoms with Crippen LogP contribution in [0.3, 0.4) is 0 Å². The zero-order chi connectivity index (χ0) is 20.4. The van der Waals surface area contributed by atoms with Crippen molar-refractivity contribution in [2.24, 2.45) is 0 Å². The molecule has 8 nitrogen and oxygen atoms in total. The lowest BCUT2D eigenvalue weighted by atomic mass is 10.3. The molecule has 148 valence electrons. The first kappa shape index (κ1) is 20.6. The van der Waals surface area contributed by atoms with E-state index in [-0.39, 0.29) is 32.3 Å². The first-order valence-electron chi connectivity index (χ1n) is 7.64. The number of hydrogen-bond donors (Lipinski definition) is 2. The minimum atomic E-state index is -4.10. The number of furan rings is 1. The van der Waals surface area contributed by atoms with Crippen LogP contribution in [0.5, 0.6) is 0 Å². The molecule has 0 fully saturated rings. The second-order valence-corrected chi connectivity index (χ2v) is 9.62. The van der Waals surface area contributed by atoms with Crippen molar-refractivity contribution < 1.29 is 21.3 Å². The standard InChI is InChI=1S/C16H13Cl2N3O5S2/c17-15-7-6-14(16(18)20-15)28(24,25)21-11-3-1-5-13(9-11)27(22,23)19-10-12-4-2-8-26-12/h1-9,19,21H,10H2. The highest BCUT2D eigenvalue weighted by Crippen LogP contribution is 2.25. The van der Waals surface area contributed by atoms with Crippen molar-refractivity contribution in [1.29, 1.82) is 0 Å². The monoisotopic (exact) mass is 461 g/mol. The van der Waals surface area contributed by atoms with E-state index in [0.717, 1.165) is 0 Å². The van der Waals surface area contributed by atoms with E-state index < -0.39 is 20.0 Å². The SMILES string of the molecule is O=S(=O)(NCc1ccco1)c1cccc(NS(=O)(=O)c2ccc(Cl)nc2Cl)c1. The molecule has 2 aromatic heterocycles. The fourth-order valence-electron chi connectivity index (χ4n) is 2.20. The van der Waals surface area contributed by atoms with Gasteiger partial charge in [0.2, 0.25) is 10.0 Å². The summed E-state index contributed by atoms with van der Waals surface area (Å²) in [6, 6.07) is 11.1. The number of nitrogens with zero attached hydrogens (tertiary/aromatic N) is 1. The summed E-state index contributed by atoms with van der Waals surface area (Å²) in [6.45, 7) is -0.0443. The summed E-state index contributed by atoms with van der Waals surface area (Å²) in [6.07, 6.45) is 1.43. The molecule has 0 radical (unpaired) electrons. The van der Waals surface area contributed by atoms with Crippen molar-refractivity contribution in [1.82, 2.24) is 9.71 Å². The van der Waals surface area contributed by atoms with Crippen LogP contribution in [0.15, 0.2) is 69.0 Å². The van der Waals surface area contributed by atoms with Crippen LogP contribution in [-0.4, -0.2) is 21.8 Å². The van der Waals surface area contributed by atoms with Crippen molar-refractivity contribution in [3.63, 3.8) is 0 Å². The largest absolute Gasteiger partial charge is 0.468 e. The number of benzene rings is 1. The summed E-state index contributed by atoms with van der Waals surface area (Å²) in [5.41, 5.74) is 0.0342. The molecule has 0 atom stereocenters. The molecule has 0 aliphatic carbocycles. The van der Waals surface area contributed by atoms with Crippen molar-refractivity contribution in [3.05, 3.63) is 70.9 Å². The van der Waals surface area contributed by atoms with Gasteiger partial charge in [-0.1, -0.05) is 29.3 Å². The van der Waals surface area contributed by atoms with Gasteiger partial charge in [0.05, 0.1) is 23.4 Å². The van der Waals surface area contributed by atoms with Gasteiger partial charge in [0.1, 0.15) is 15.8 Å². The van der Waals surface area contributed by atoms with Gasteiger partial charge in [-0.15, -0.1) is 0 Å². The maximum atomic E-state index is 12.5. The van der Waals surface area contributed by atoms with E-state index in [1.807, 2.05) is 0 Å². The van der Waals surface area contributed by atoms with Gasteiger partial charge in [-0.3, -0.25) is 4.72 Å². The Bertz CT molecular complexity index is 1200. The molecule has 2 N–H and O–H groups in total. The van der Waals surface area contributed by atoms with Gasteiger partial charge >= 0.3 is 0 Å². The lowest BCUT2D eigenvalue weighted by molar-refractivity contribution is 0.498. The van der Waals surface area contributed by atoms with Gasteiger partial charge in [-0.2, -0.15) is 0 Å². The average molecular weight is 462 g/mol. The van der Waals surface area contributed by atoms with E-state index in [2.05, 4.69) is 14.4 Å². The van der Waals surface area contributed by atoms with E-state index in [4.69, 9.17) is 27.6 Å². The quantitative estimate of drug-likeness (QED) is 0.521. The van der Waals surface area contributed by atoms with Crippen molar-refractivity contribution >= 4 is 48.9 Å². The van der Waals surface area contributed by atoms with Crippen LogP contribution in [0.2, 0.25) is 10.3 Å². The van der Waals surface area contributed by atoms with Crippen LogP contribution in [0.4, 0.5) is 5.69 Å². The van der Waals surface area contributed by atoms with Gasteiger partial charge in [-0.05, 0) is 42.5 Å². The van der Waals surface area contributed by atoms with Gasteiger partial charge < -0.3 is 4.42 Å². The maximum Gasteiger partial charge on any atom is 0.264 e. The highest BCUT2D eigenvalue weighted by Gasteiger charge is 2.21. The summed E-state index contributed by atoms with van der Waals surface area (Å²) in [4.78, 5) is 3.27. The van der Waals surface area contributed by atoms with Gasteiger partial charge in [0.25, 0.3) is 10.0 Å². The Hall–Kier alpha value is -2.11. The first-order chi connectivity index (χ1) is 13.2. The van der Waals surface area contributed by atoms with Crippen LogP contribution >= 0.6 is 23.2 Å². The van der Waals surface area contributed by atoms with E-state index in [0.29, 0.717) is 5.76 Å². The van der Waals surface area contributed by atoms with Crippen molar-refractivity contribution in [3.8, 4) is 0 Å². The number of hydrogen-bond acceptors (Lipinski definition) is 6. The highest BCUT2D eigenvalue weighted by atomic mass is 35.5. The Balaban J connectivity index is 1.82. The highest BCUT2D eigenvalue weighted by molar-refractivity contribution is 7.92. The van der Waals surface area contributed by atoms with Crippen molar-refractivity contribution in [2.45, 2.75) is 16.3 Å². The summed E-state index contributed by atoms with van der Waals surface area (Å²) in [7, 11) is -8.00. The van der Waals surface area contributed by atoms with E-state index >= 15 is 0 Å². The summed E-state index contributed by atoms with van der Waals surface area (Å²) >= 11 is 11.5. The molecule has 0 aliphatic heterocycles. The van der Waals surface area contributed by atoms with E-state index in [1.54, 1.807) is 12.1 Å². The fraction of sp³-hybridized carbons (Fsp3) is 0.0625. The summed E-state index contributed by atoms with van der Waals surface area (Å²) in [5, 5.41) is -0.261. The Morgan fingerprint density at radius 1 is 0.964 bits per heavy atom. The van der Waals surface area contributed by atoms with E-state index in [1.165, 1.54) is 42.7 Å². The third-order valence-electron chi connectivity index (χ3n) is 3.48. The third-order valence-corrected chi connectivity index (χ3v) is 6.91. The zero-order valence-corrected chi connectivity index (χ0v) is 17.1. The Morgan fingerprint density at radius 2 is 1.75 bits per heavy atom. The van der Waals surface area contributed by atoms with Crippen LogP contribution in [-0.2, 0) is 26.6 Å². The maximum absolute atomic E-state index is 12.5. The number of nitrogens with one attached hydrogen (secondary N) is 2. The van der Waals surface area contributed by atoms with Crippen LogP contribution < -0.4 is 9.44 Å². The number of halogens is 2. The molecule has 0 saturated carbocycles. The Kier molecular flexibility index (Phi) is 5.96. The molecular weight excluding hydrogens is 449 g/mol. The van der Waals surface area contributed by atoms with Gasteiger partial charge in [0.15, 0.2) is 5.15 Å². The lowest BCUT2D eigenvalue weighted by Crippen LogP contribution is -2.23. The number of sulfonamides is 2. The minimum Gasteiger partial charge on any atom is -0.468 e. The fourth-order valence-corrected chi connectivity index (χ4v) is 4.95. The number of aromatic nitrogens is 1. The minimum absolute atomic E-state index is 0.0342. The molecular formula is C16H13Cl2N3O5S2. The molecule has 0 bridgehead atoms. The van der Waals surface area contributed by atoms with Crippen LogP contribution in [0.25, 0.3) is 0 Å². The smallest absolute Gasteiger partial charge is 0.264 e. The van der Waals surface area contributed by atoms with Crippen LogP contribution in [0.1, 0.15) is 5.76 Å². The van der Waals surface area contributed by atoms with Crippen molar-refractivity contribution in [2.75, 3.05) is 4.72 Å². The topological polar surface area (TPSA) is 118 Å². The lowest BCUT2D eigenvalue weighted by Gasteiger charge is -2.11. The molecule has 0 spiro atoms. The van der Waals surface area contributed by atoms with Gasteiger partial charge in [0, 0.05) is 0 Å². The second kappa shape index (κ2) is 8.10. The van der Waals surface area contributed by atoms with Crippen LogP contribution in [0, 0.1) is 0 Å². The predicted molar refractivity (Wildman–Crippen MR) is 104 cm³/mol. The molecule has 0 amide bonds. The summed E-state index contributed by atoms with van der Waals surface area (Å²) in [5.74, 6) is 0.435. The van der Waals surface area contributed by atoms with Gasteiger partial charge in [-0.25, -0.2) is 26.5 Å². The number of rotatable bonds is 7. The third kappa shape index (κ3) is 4.83. The average Bonchev–Trinajstić information content (AvgIpc) is 3.13. The molecule has 28 heavy (non-hydrogen) atoms. The summed E-state index contributed by atoms with van der Waals surface area (Å²) < 4.78 is 59.6. The van der Waals surface area contributed by atoms with E-state index in [9.17, 15) is 16.8 Å². The molecule has 3 aromatic rings. The molecule has 0 aliphatic rings. The zero-order valence-electron chi connectivity index (χ0n) is 14.0. The molecule has 0 unspecified atom stereocenters. The Morgan fingerprint density at radius 3 is 2.43 bits per heavy atom. The predicted octanol–water partition coefficient (Wildman–Crippen LogP) is 3.26. The first-order valence-corrected chi connectivity index (χ1v) is 11.4. The number of pyridine rings is 1. The molecule has 1 aromatic carbocycles. The molecule has 3 rings (SSSR count). The number of anilines is 1. The molecule has 0 saturated heterocycles. The molecule has 12 heteroatoms.